The number of likely N-dealkylation sites (N-methyl/N-ethyl adjacent to an activating group) is 1. The summed E-state index contributed by atoms with van der Waals surface area (Å²) in [5, 5.41) is 0. The van der Waals surface area contributed by atoms with Crippen molar-refractivity contribution in [3.8, 4) is 0 Å². The van der Waals surface area contributed by atoms with Gasteiger partial charge in [0.05, 0.1) is 11.9 Å². The summed E-state index contributed by atoms with van der Waals surface area (Å²) in [5.74, 6) is 1.11. The quantitative estimate of drug-likeness (QED) is 0.835. The lowest BCUT2D eigenvalue weighted by Crippen LogP contribution is -2.52. The molecule has 1 aliphatic heterocycles. The number of fused-ring (bicyclic) bond motifs is 1. The molecule has 2 heterocycles. The number of hydrogen-bond acceptors (Lipinski definition) is 4. The fourth-order valence-electron chi connectivity index (χ4n) is 3.59. The first-order valence-electron chi connectivity index (χ1n) is 7.61. The summed E-state index contributed by atoms with van der Waals surface area (Å²) in [6.45, 7) is 6.62. The molecule has 0 aromatic carbocycles. The first-order valence-corrected chi connectivity index (χ1v) is 7.61. The molecular formula is C15H23N4. The number of hydrogen-bond donors (Lipinski definition) is 0. The maximum atomic E-state index is 4.49. The third-order valence-corrected chi connectivity index (χ3v) is 4.61. The smallest absolute Gasteiger partial charge is 0.199 e. The molecule has 1 atom stereocenters. The summed E-state index contributed by atoms with van der Waals surface area (Å²) < 4.78 is 0. The lowest BCUT2D eigenvalue weighted by molar-refractivity contribution is 0.470. The largest absolute Gasteiger partial charge is 0.366 e. The highest BCUT2D eigenvalue weighted by molar-refractivity contribution is 5.69. The van der Waals surface area contributed by atoms with Crippen LogP contribution in [-0.2, 0) is 0 Å². The lowest BCUT2D eigenvalue weighted by Gasteiger charge is -2.45. The van der Waals surface area contributed by atoms with Gasteiger partial charge in [0.1, 0.15) is 0 Å². The zero-order chi connectivity index (χ0) is 13.2. The van der Waals surface area contributed by atoms with Crippen LogP contribution in [0.15, 0.2) is 6.20 Å². The van der Waals surface area contributed by atoms with Crippen LogP contribution < -0.4 is 9.80 Å². The molecule has 2 aliphatic rings. The highest BCUT2D eigenvalue weighted by Crippen LogP contribution is 2.38. The van der Waals surface area contributed by atoms with Crippen LogP contribution in [0.2, 0.25) is 0 Å². The second kappa shape index (κ2) is 5.35. The molecule has 1 unspecified atom stereocenters. The minimum atomic E-state index is 0.582. The first-order chi connectivity index (χ1) is 9.35. The van der Waals surface area contributed by atoms with E-state index in [-0.39, 0.29) is 0 Å². The molecule has 1 aliphatic carbocycles. The number of aromatic nitrogens is 2. The highest BCUT2D eigenvalue weighted by atomic mass is 15.3. The Hall–Kier alpha value is -1.32. The Balaban J connectivity index is 1.99. The van der Waals surface area contributed by atoms with Crippen molar-refractivity contribution in [2.45, 2.75) is 58.0 Å². The van der Waals surface area contributed by atoms with E-state index in [9.17, 15) is 0 Å². The van der Waals surface area contributed by atoms with Crippen LogP contribution in [0.3, 0.4) is 0 Å². The van der Waals surface area contributed by atoms with Gasteiger partial charge in [-0.15, -0.1) is 0 Å². The van der Waals surface area contributed by atoms with Crippen LogP contribution in [-0.4, -0.2) is 35.1 Å². The summed E-state index contributed by atoms with van der Waals surface area (Å²) in [4.78, 5) is 13.6. The molecule has 4 nitrogen and oxygen atoms in total. The molecule has 4 heteroatoms. The van der Waals surface area contributed by atoms with Crippen molar-refractivity contribution in [2.24, 2.45) is 0 Å². The van der Waals surface area contributed by atoms with Gasteiger partial charge >= 0.3 is 0 Å². The monoisotopic (exact) mass is 259 g/mol. The van der Waals surface area contributed by atoms with Gasteiger partial charge in [-0.3, -0.25) is 0 Å². The average Bonchev–Trinajstić information content (AvgIpc) is 2.99. The minimum Gasteiger partial charge on any atom is -0.366 e. The van der Waals surface area contributed by atoms with Crippen LogP contribution in [0.4, 0.5) is 11.5 Å². The Kier molecular flexibility index (Phi) is 3.58. The van der Waals surface area contributed by atoms with Gasteiger partial charge in [-0.25, -0.2) is 9.97 Å². The van der Waals surface area contributed by atoms with Gasteiger partial charge in [0, 0.05) is 25.2 Å². The number of anilines is 2. The van der Waals surface area contributed by atoms with E-state index in [0.717, 1.165) is 18.9 Å². The van der Waals surface area contributed by atoms with Gasteiger partial charge in [0.2, 0.25) is 0 Å². The van der Waals surface area contributed by atoms with E-state index in [1.54, 1.807) is 0 Å². The van der Waals surface area contributed by atoms with E-state index in [4.69, 9.17) is 0 Å². The Labute approximate surface area is 115 Å². The summed E-state index contributed by atoms with van der Waals surface area (Å²) in [6, 6.07) is 1.25. The van der Waals surface area contributed by atoms with E-state index < -0.39 is 0 Å². The van der Waals surface area contributed by atoms with Gasteiger partial charge in [-0.05, 0) is 26.2 Å². The van der Waals surface area contributed by atoms with Crippen molar-refractivity contribution in [3.05, 3.63) is 12.5 Å². The second-order valence-corrected chi connectivity index (χ2v) is 5.63. The van der Waals surface area contributed by atoms with Crippen molar-refractivity contribution in [3.63, 3.8) is 0 Å². The lowest BCUT2D eigenvalue weighted by atomic mass is 10.0. The van der Waals surface area contributed by atoms with Gasteiger partial charge in [0.25, 0.3) is 0 Å². The Bertz CT molecular complexity index is 428. The van der Waals surface area contributed by atoms with Gasteiger partial charge < -0.3 is 9.80 Å². The molecule has 1 aromatic heterocycles. The number of nitrogens with zero attached hydrogens (tertiary/aromatic N) is 4. The SMILES string of the molecule is CCC1CN(CC)c2cn[c]nc2N1C1CCCC1. The molecule has 1 radical (unpaired) electrons. The minimum absolute atomic E-state index is 0.582. The molecule has 0 spiro atoms. The third kappa shape index (κ3) is 2.17. The molecular weight excluding hydrogens is 236 g/mol. The molecule has 1 fully saturated rings. The molecule has 0 amide bonds. The van der Waals surface area contributed by atoms with Crippen LogP contribution in [0.5, 0.6) is 0 Å². The van der Waals surface area contributed by atoms with Crippen LogP contribution in [0, 0.1) is 6.33 Å². The Morgan fingerprint density at radius 1 is 1.32 bits per heavy atom. The second-order valence-electron chi connectivity index (χ2n) is 5.63. The average molecular weight is 259 g/mol. The van der Waals surface area contributed by atoms with E-state index in [1.165, 1.54) is 37.8 Å². The summed E-state index contributed by atoms with van der Waals surface area (Å²) >= 11 is 0. The molecule has 0 saturated heterocycles. The van der Waals surface area contributed by atoms with Gasteiger partial charge in [-0.2, -0.15) is 0 Å². The maximum absolute atomic E-state index is 4.49. The van der Waals surface area contributed by atoms with E-state index in [1.807, 2.05) is 6.20 Å². The third-order valence-electron chi connectivity index (χ3n) is 4.61. The van der Waals surface area contributed by atoms with Crippen LogP contribution >= 0.6 is 0 Å². The standard InChI is InChI=1S/C15H23N4/c1-3-12-10-18(4-2)14-9-16-11-17-15(14)19(12)13-7-5-6-8-13/h9,12-13H,3-8,10H2,1-2H3. The fourth-order valence-corrected chi connectivity index (χ4v) is 3.59. The van der Waals surface area contributed by atoms with Crippen molar-refractivity contribution in [2.75, 3.05) is 22.9 Å². The summed E-state index contributed by atoms with van der Waals surface area (Å²) in [6.07, 6.45) is 11.2. The van der Waals surface area contributed by atoms with Crippen molar-refractivity contribution < 1.29 is 0 Å². The van der Waals surface area contributed by atoms with Crippen molar-refractivity contribution in [1.29, 1.82) is 0 Å². The molecule has 103 valence electrons. The highest BCUT2D eigenvalue weighted by Gasteiger charge is 2.35. The normalized spacial score (nSPS) is 23.8. The van der Waals surface area contributed by atoms with Crippen LogP contribution in [0.1, 0.15) is 46.0 Å². The zero-order valence-electron chi connectivity index (χ0n) is 12.0. The Morgan fingerprint density at radius 2 is 2.11 bits per heavy atom. The van der Waals surface area contributed by atoms with Crippen LogP contribution in [0.25, 0.3) is 0 Å². The van der Waals surface area contributed by atoms with E-state index in [2.05, 4.69) is 39.9 Å². The molecule has 0 bridgehead atoms. The van der Waals surface area contributed by atoms with Crippen molar-refractivity contribution >= 4 is 11.5 Å². The summed E-state index contributed by atoms with van der Waals surface area (Å²) in [5.41, 5.74) is 1.19. The van der Waals surface area contributed by atoms with Gasteiger partial charge in [-0.1, -0.05) is 19.8 Å². The Morgan fingerprint density at radius 3 is 2.79 bits per heavy atom. The maximum Gasteiger partial charge on any atom is 0.199 e. The van der Waals surface area contributed by atoms with E-state index in [0.29, 0.717) is 12.1 Å². The molecule has 1 saturated carbocycles. The fraction of sp³-hybridized carbons (Fsp3) is 0.733. The summed E-state index contributed by atoms with van der Waals surface area (Å²) in [7, 11) is 0. The van der Waals surface area contributed by atoms with Gasteiger partial charge in [0.15, 0.2) is 12.1 Å². The number of rotatable bonds is 3. The molecule has 0 N–H and O–H groups in total. The molecule has 3 rings (SSSR count). The first kappa shape index (κ1) is 12.7. The van der Waals surface area contributed by atoms with Crippen molar-refractivity contribution in [1.82, 2.24) is 9.97 Å². The predicted octanol–water partition coefficient (Wildman–Crippen LogP) is 2.64. The molecule has 19 heavy (non-hydrogen) atoms. The predicted molar refractivity (Wildman–Crippen MR) is 77.6 cm³/mol. The topological polar surface area (TPSA) is 32.3 Å². The molecule has 1 aromatic rings. The zero-order valence-corrected chi connectivity index (χ0v) is 12.0. The van der Waals surface area contributed by atoms with E-state index >= 15 is 0 Å².